The Morgan fingerprint density at radius 2 is 1.36 bits per heavy atom. The summed E-state index contributed by atoms with van der Waals surface area (Å²) >= 11 is 0. The summed E-state index contributed by atoms with van der Waals surface area (Å²) in [4.78, 5) is 28.7. The molecule has 5 nitrogen and oxygen atoms in total. The Hall–Kier alpha value is -2.82. The topological polar surface area (TPSA) is 49.9 Å². The molecular weight excluding hydrogens is 316 g/mol. The molecule has 2 amide bonds. The Balaban J connectivity index is 1.91. The fourth-order valence-electron chi connectivity index (χ4n) is 2.82. The maximum absolute atomic E-state index is 12.9. The summed E-state index contributed by atoms with van der Waals surface area (Å²) < 4.78 is 5.50. The number of ether oxygens (including phenoxy) is 1. The zero-order chi connectivity index (χ0) is 18.0. The highest BCUT2D eigenvalue weighted by atomic mass is 16.6. The SMILES string of the molecule is CC(C)(C)OC(=O)N1CCN(C(=O)c2ccccc2)c2ccccc21. The molecule has 2 aromatic carbocycles. The van der Waals surface area contributed by atoms with Crippen molar-refractivity contribution >= 4 is 23.4 Å². The molecule has 0 radical (unpaired) electrons. The first-order valence-electron chi connectivity index (χ1n) is 8.33. The number of hydrogen-bond acceptors (Lipinski definition) is 3. The molecule has 5 heteroatoms. The van der Waals surface area contributed by atoms with Crippen LogP contribution in [-0.4, -0.2) is 30.7 Å². The van der Waals surface area contributed by atoms with Crippen LogP contribution < -0.4 is 9.80 Å². The zero-order valence-corrected chi connectivity index (χ0v) is 14.7. The first kappa shape index (κ1) is 17.0. The highest BCUT2D eigenvalue weighted by Crippen LogP contribution is 2.34. The predicted molar refractivity (Wildman–Crippen MR) is 98.1 cm³/mol. The zero-order valence-electron chi connectivity index (χ0n) is 14.7. The van der Waals surface area contributed by atoms with Crippen molar-refractivity contribution in [3.8, 4) is 0 Å². The number of carbonyl (C=O) groups is 2. The number of hydrogen-bond donors (Lipinski definition) is 0. The summed E-state index contributed by atoms with van der Waals surface area (Å²) in [5, 5.41) is 0. The van der Waals surface area contributed by atoms with Gasteiger partial charge in [-0.25, -0.2) is 4.79 Å². The van der Waals surface area contributed by atoms with E-state index in [0.717, 1.165) is 0 Å². The van der Waals surface area contributed by atoms with Crippen molar-refractivity contribution in [3.63, 3.8) is 0 Å². The molecule has 0 aromatic heterocycles. The lowest BCUT2D eigenvalue weighted by Crippen LogP contribution is -2.47. The molecule has 0 aliphatic carbocycles. The Morgan fingerprint density at radius 1 is 0.840 bits per heavy atom. The van der Waals surface area contributed by atoms with Crippen LogP contribution in [0.5, 0.6) is 0 Å². The summed E-state index contributed by atoms with van der Waals surface area (Å²) in [5.41, 5.74) is 1.46. The van der Waals surface area contributed by atoms with Crippen LogP contribution in [0.1, 0.15) is 31.1 Å². The number of amides is 2. The van der Waals surface area contributed by atoms with Gasteiger partial charge in [0.05, 0.1) is 11.4 Å². The molecule has 0 fully saturated rings. The molecule has 0 atom stereocenters. The third-order valence-corrected chi connectivity index (χ3v) is 3.89. The van der Waals surface area contributed by atoms with Crippen molar-refractivity contribution in [1.82, 2.24) is 0 Å². The maximum Gasteiger partial charge on any atom is 0.414 e. The van der Waals surface area contributed by atoms with E-state index in [9.17, 15) is 9.59 Å². The highest BCUT2D eigenvalue weighted by Gasteiger charge is 2.32. The van der Waals surface area contributed by atoms with E-state index in [2.05, 4.69) is 0 Å². The van der Waals surface area contributed by atoms with Gasteiger partial charge in [-0.1, -0.05) is 30.3 Å². The Labute approximate surface area is 147 Å². The van der Waals surface area contributed by atoms with E-state index in [1.54, 1.807) is 21.9 Å². The minimum absolute atomic E-state index is 0.0723. The molecule has 2 aromatic rings. The second kappa shape index (κ2) is 6.59. The number of nitrogens with zero attached hydrogens (tertiary/aromatic N) is 2. The van der Waals surface area contributed by atoms with E-state index in [1.165, 1.54) is 0 Å². The highest BCUT2D eigenvalue weighted by molar-refractivity contribution is 6.10. The van der Waals surface area contributed by atoms with Crippen LogP contribution >= 0.6 is 0 Å². The Morgan fingerprint density at radius 3 is 1.96 bits per heavy atom. The standard InChI is InChI=1S/C20H22N2O3/c1-20(2,3)25-19(24)22-14-13-21(16-11-7-8-12-17(16)22)18(23)15-9-5-4-6-10-15/h4-12H,13-14H2,1-3H3. The van der Waals surface area contributed by atoms with Crippen LogP contribution in [0.2, 0.25) is 0 Å². The van der Waals surface area contributed by atoms with Crippen molar-refractivity contribution in [2.45, 2.75) is 26.4 Å². The first-order chi connectivity index (χ1) is 11.9. The molecule has 0 saturated heterocycles. The minimum atomic E-state index is -0.566. The van der Waals surface area contributed by atoms with Crippen LogP contribution in [0.15, 0.2) is 54.6 Å². The summed E-state index contributed by atoms with van der Waals surface area (Å²) in [6.07, 6.45) is -0.397. The number of anilines is 2. The Kier molecular flexibility index (Phi) is 4.49. The summed E-state index contributed by atoms with van der Waals surface area (Å²) in [5.74, 6) is -0.0723. The van der Waals surface area contributed by atoms with Crippen LogP contribution in [-0.2, 0) is 4.74 Å². The van der Waals surface area contributed by atoms with Gasteiger partial charge >= 0.3 is 6.09 Å². The predicted octanol–water partition coefficient (Wildman–Crippen LogP) is 4.09. The van der Waals surface area contributed by atoms with Gasteiger partial charge in [-0.05, 0) is 45.0 Å². The van der Waals surface area contributed by atoms with Gasteiger partial charge in [0.15, 0.2) is 0 Å². The Bertz CT molecular complexity index is 781. The van der Waals surface area contributed by atoms with E-state index in [4.69, 9.17) is 4.74 Å². The van der Waals surface area contributed by atoms with Crippen LogP contribution in [0.3, 0.4) is 0 Å². The summed E-state index contributed by atoms with van der Waals surface area (Å²) in [7, 11) is 0. The third-order valence-electron chi connectivity index (χ3n) is 3.89. The summed E-state index contributed by atoms with van der Waals surface area (Å²) in [6.45, 7) is 6.33. The lowest BCUT2D eigenvalue weighted by atomic mass is 10.1. The monoisotopic (exact) mass is 338 g/mol. The largest absolute Gasteiger partial charge is 0.443 e. The molecule has 0 saturated carbocycles. The smallest absolute Gasteiger partial charge is 0.414 e. The molecular formula is C20H22N2O3. The van der Waals surface area contributed by atoms with E-state index >= 15 is 0 Å². The molecule has 130 valence electrons. The quantitative estimate of drug-likeness (QED) is 0.787. The maximum atomic E-state index is 12.9. The van der Waals surface area contributed by atoms with Crippen molar-refractivity contribution in [2.24, 2.45) is 0 Å². The normalized spacial score (nSPS) is 14.0. The lowest BCUT2D eigenvalue weighted by molar-refractivity contribution is 0.0578. The van der Waals surface area contributed by atoms with E-state index < -0.39 is 11.7 Å². The van der Waals surface area contributed by atoms with Crippen LogP contribution in [0.4, 0.5) is 16.2 Å². The first-order valence-corrected chi connectivity index (χ1v) is 8.33. The molecule has 1 aliphatic heterocycles. The number of carbonyl (C=O) groups excluding carboxylic acids is 2. The van der Waals surface area contributed by atoms with Gasteiger partial charge in [0, 0.05) is 18.7 Å². The molecule has 1 aliphatic rings. The average Bonchev–Trinajstić information content (AvgIpc) is 2.59. The van der Waals surface area contributed by atoms with E-state index in [-0.39, 0.29) is 5.91 Å². The van der Waals surface area contributed by atoms with Gasteiger partial charge < -0.3 is 9.64 Å². The number of para-hydroxylation sites is 2. The number of benzene rings is 2. The lowest BCUT2D eigenvalue weighted by Gasteiger charge is -2.37. The average molecular weight is 338 g/mol. The number of fused-ring (bicyclic) bond motifs is 1. The second-order valence-electron chi connectivity index (χ2n) is 6.94. The van der Waals surface area contributed by atoms with Crippen molar-refractivity contribution in [1.29, 1.82) is 0 Å². The van der Waals surface area contributed by atoms with Crippen molar-refractivity contribution in [2.75, 3.05) is 22.9 Å². The molecule has 25 heavy (non-hydrogen) atoms. The van der Waals surface area contributed by atoms with Crippen LogP contribution in [0, 0.1) is 0 Å². The fraction of sp³-hybridized carbons (Fsp3) is 0.300. The van der Waals surface area contributed by atoms with E-state index in [0.29, 0.717) is 30.0 Å². The molecule has 0 bridgehead atoms. The van der Waals surface area contributed by atoms with Gasteiger partial charge in [-0.2, -0.15) is 0 Å². The molecule has 0 spiro atoms. The molecule has 0 unspecified atom stereocenters. The van der Waals surface area contributed by atoms with E-state index in [1.807, 2.05) is 63.2 Å². The minimum Gasteiger partial charge on any atom is -0.443 e. The van der Waals surface area contributed by atoms with Gasteiger partial charge in [-0.15, -0.1) is 0 Å². The molecule has 3 rings (SSSR count). The van der Waals surface area contributed by atoms with Gasteiger partial charge in [-0.3, -0.25) is 9.69 Å². The van der Waals surface area contributed by atoms with Gasteiger partial charge in [0.25, 0.3) is 5.91 Å². The second-order valence-corrected chi connectivity index (χ2v) is 6.94. The van der Waals surface area contributed by atoms with Crippen molar-refractivity contribution < 1.29 is 14.3 Å². The van der Waals surface area contributed by atoms with Crippen LogP contribution in [0.25, 0.3) is 0 Å². The van der Waals surface area contributed by atoms with Crippen molar-refractivity contribution in [3.05, 3.63) is 60.2 Å². The summed E-state index contributed by atoms with van der Waals surface area (Å²) in [6, 6.07) is 16.6. The number of rotatable bonds is 1. The molecule has 0 N–H and O–H groups in total. The van der Waals surface area contributed by atoms with Gasteiger partial charge in [0.1, 0.15) is 5.60 Å². The fourth-order valence-corrected chi connectivity index (χ4v) is 2.82. The molecule has 1 heterocycles. The third kappa shape index (κ3) is 3.65. The van der Waals surface area contributed by atoms with Gasteiger partial charge in [0.2, 0.25) is 0 Å².